The number of nitrogens with zero attached hydrogens (tertiary/aromatic N) is 1. The molecule has 0 aromatic carbocycles. The number of thiazole rings is 1. The smallest absolute Gasteiger partial charge is 0.123 e. The third-order valence-corrected chi connectivity index (χ3v) is 4.33. The van der Waals surface area contributed by atoms with Crippen LogP contribution >= 0.6 is 23.1 Å². The highest BCUT2D eigenvalue weighted by atomic mass is 32.2. The number of hydrogen-bond donors (Lipinski definition) is 1. The Bertz CT molecular complexity index is 322. The lowest BCUT2D eigenvalue weighted by atomic mass is 10.3. The molecule has 2 heterocycles. The van der Waals surface area contributed by atoms with Crippen molar-refractivity contribution in [3.63, 3.8) is 0 Å². The zero-order valence-electron chi connectivity index (χ0n) is 9.73. The van der Waals surface area contributed by atoms with Crippen LogP contribution in [0, 0.1) is 0 Å². The van der Waals surface area contributed by atoms with Gasteiger partial charge in [-0.3, -0.25) is 0 Å². The van der Waals surface area contributed by atoms with Crippen LogP contribution in [0.1, 0.15) is 30.7 Å². The third kappa shape index (κ3) is 3.45. The first kappa shape index (κ1) is 12.4. The predicted octanol–water partition coefficient (Wildman–Crippen LogP) is 2.45. The first-order valence-electron chi connectivity index (χ1n) is 5.62. The maximum absolute atomic E-state index is 5.71. The van der Waals surface area contributed by atoms with Gasteiger partial charge in [-0.1, -0.05) is 13.8 Å². The second-order valence-electron chi connectivity index (χ2n) is 4.15. The summed E-state index contributed by atoms with van der Waals surface area (Å²) in [5, 5.41) is 6.64. The number of aromatic nitrogens is 1. The van der Waals surface area contributed by atoms with E-state index >= 15 is 0 Å². The fraction of sp³-hybridized carbons (Fsp3) is 0.727. The van der Waals surface area contributed by atoms with Crippen molar-refractivity contribution < 1.29 is 4.74 Å². The van der Waals surface area contributed by atoms with Gasteiger partial charge in [0.2, 0.25) is 0 Å². The van der Waals surface area contributed by atoms with Gasteiger partial charge in [0.05, 0.1) is 12.3 Å². The van der Waals surface area contributed by atoms with E-state index in [1.807, 2.05) is 11.8 Å². The Morgan fingerprint density at radius 1 is 1.62 bits per heavy atom. The lowest BCUT2D eigenvalue weighted by Gasteiger charge is -2.19. The van der Waals surface area contributed by atoms with Crippen molar-refractivity contribution >= 4 is 23.1 Å². The fourth-order valence-electron chi connectivity index (χ4n) is 1.49. The van der Waals surface area contributed by atoms with Gasteiger partial charge in [0.15, 0.2) is 0 Å². The highest BCUT2D eigenvalue weighted by Gasteiger charge is 2.19. The summed E-state index contributed by atoms with van der Waals surface area (Å²) in [5.41, 5.74) is 1.13. The van der Waals surface area contributed by atoms with Crippen molar-refractivity contribution in [1.29, 1.82) is 0 Å². The van der Waals surface area contributed by atoms with E-state index in [2.05, 4.69) is 29.5 Å². The maximum Gasteiger partial charge on any atom is 0.123 e. The average molecular weight is 258 g/mol. The molecule has 0 aliphatic carbocycles. The molecule has 5 heteroatoms. The molecule has 0 radical (unpaired) electrons. The van der Waals surface area contributed by atoms with Crippen LogP contribution in [0.2, 0.25) is 0 Å². The van der Waals surface area contributed by atoms with E-state index in [0.29, 0.717) is 6.04 Å². The van der Waals surface area contributed by atoms with E-state index in [9.17, 15) is 0 Å². The monoisotopic (exact) mass is 258 g/mol. The van der Waals surface area contributed by atoms with Gasteiger partial charge in [-0.25, -0.2) is 4.98 Å². The number of hydrogen-bond acceptors (Lipinski definition) is 5. The van der Waals surface area contributed by atoms with E-state index in [-0.39, 0.29) is 6.10 Å². The Hall–Kier alpha value is -0.100. The Labute approximate surface area is 105 Å². The molecule has 1 aromatic heterocycles. The zero-order valence-corrected chi connectivity index (χ0v) is 11.4. The molecule has 1 aliphatic heterocycles. The molecule has 1 aliphatic rings. The summed E-state index contributed by atoms with van der Waals surface area (Å²) >= 11 is 3.67. The van der Waals surface area contributed by atoms with E-state index in [0.717, 1.165) is 35.4 Å². The normalized spacial score (nSPS) is 21.6. The van der Waals surface area contributed by atoms with Crippen LogP contribution in [0.5, 0.6) is 0 Å². The van der Waals surface area contributed by atoms with Crippen LogP contribution in [-0.2, 0) is 11.3 Å². The maximum atomic E-state index is 5.71. The van der Waals surface area contributed by atoms with Crippen LogP contribution < -0.4 is 5.32 Å². The van der Waals surface area contributed by atoms with Gasteiger partial charge in [-0.15, -0.1) is 11.3 Å². The second kappa shape index (κ2) is 6.00. The van der Waals surface area contributed by atoms with Crippen molar-refractivity contribution in [3.05, 3.63) is 16.1 Å². The fourth-order valence-corrected chi connectivity index (χ4v) is 3.31. The van der Waals surface area contributed by atoms with Crippen molar-refractivity contribution in [2.24, 2.45) is 0 Å². The SMILES string of the molecule is CC(C)NCc1csc(C2CSCCO2)n1. The molecule has 2 rings (SSSR count). The first-order chi connectivity index (χ1) is 7.75. The minimum atomic E-state index is 0.219. The molecular weight excluding hydrogens is 240 g/mol. The molecule has 0 bridgehead atoms. The Kier molecular flexibility index (Phi) is 4.64. The lowest BCUT2D eigenvalue weighted by molar-refractivity contribution is 0.0754. The van der Waals surface area contributed by atoms with E-state index in [1.165, 1.54) is 0 Å². The van der Waals surface area contributed by atoms with E-state index < -0.39 is 0 Å². The summed E-state index contributed by atoms with van der Waals surface area (Å²) in [6, 6.07) is 0.506. The molecule has 0 spiro atoms. The largest absolute Gasteiger partial charge is 0.369 e. The van der Waals surface area contributed by atoms with Gasteiger partial charge in [0, 0.05) is 29.5 Å². The number of nitrogens with one attached hydrogen (secondary N) is 1. The van der Waals surface area contributed by atoms with Gasteiger partial charge in [-0.05, 0) is 0 Å². The molecule has 1 N–H and O–H groups in total. The van der Waals surface area contributed by atoms with Crippen LogP contribution in [0.4, 0.5) is 0 Å². The highest BCUT2D eigenvalue weighted by molar-refractivity contribution is 7.99. The molecule has 0 amide bonds. The highest BCUT2D eigenvalue weighted by Crippen LogP contribution is 2.28. The molecule has 0 saturated carbocycles. The Balaban J connectivity index is 1.90. The minimum absolute atomic E-state index is 0.219. The van der Waals surface area contributed by atoms with Crippen LogP contribution in [0.3, 0.4) is 0 Å². The molecule has 1 atom stereocenters. The summed E-state index contributed by atoms with van der Waals surface area (Å²) in [4.78, 5) is 4.62. The Morgan fingerprint density at radius 2 is 2.50 bits per heavy atom. The molecule has 1 unspecified atom stereocenters. The molecule has 90 valence electrons. The third-order valence-electron chi connectivity index (χ3n) is 2.35. The molecule has 3 nitrogen and oxygen atoms in total. The molecule has 1 saturated heterocycles. The van der Waals surface area contributed by atoms with Crippen LogP contribution in [0.15, 0.2) is 5.38 Å². The topological polar surface area (TPSA) is 34.1 Å². The molecule has 16 heavy (non-hydrogen) atoms. The van der Waals surface area contributed by atoms with Gasteiger partial charge in [-0.2, -0.15) is 11.8 Å². The summed E-state index contributed by atoms with van der Waals surface area (Å²) in [6.07, 6.45) is 0.219. The second-order valence-corrected chi connectivity index (χ2v) is 6.19. The van der Waals surface area contributed by atoms with E-state index in [4.69, 9.17) is 4.74 Å². The predicted molar refractivity (Wildman–Crippen MR) is 70.1 cm³/mol. The van der Waals surface area contributed by atoms with Gasteiger partial charge >= 0.3 is 0 Å². The molecular formula is C11H18N2OS2. The molecule has 1 fully saturated rings. The van der Waals surface area contributed by atoms with Crippen LogP contribution in [-0.4, -0.2) is 29.1 Å². The van der Waals surface area contributed by atoms with Crippen LogP contribution in [0.25, 0.3) is 0 Å². The zero-order chi connectivity index (χ0) is 11.4. The molecule has 1 aromatic rings. The van der Waals surface area contributed by atoms with E-state index in [1.54, 1.807) is 11.3 Å². The quantitative estimate of drug-likeness (QED) is 0.899. The summed E-state index contributed by atoms with van der Waals surface area (Å²) in [7, 11) is 0. The average Bonchev–Trinajstić information content (AvgIpc) is 2.76. The minimum Gasteiger partial charge on any atom is -0.369 e. The lowest BCUT2D eigenvalue weighted by Crippen LogP contribution is -2.22. The van der Waals surface area contributed by atoms with Crippen molar-refractivity contribution in [1.82, 2.24) is 10.3 Å². The summed E-state index contributed by atoms with van der Waals surface area (Å²) < 4.78 is 5.71. The van der Waals surface area contributed by atoms with Crippen molar-refractivity contribution in [2.75, 3.05) is 18.1 Å². The van der Waals surface area contributed by atoms with Crippen molar-refractivity contribution in [3.8, 4) is 0 Å². The standard InChI is InChI=1S/C11H18N2OS2/c1-8(2)12-5-9-6-16-11(13-9)10-7-15-4-3-14-10/h6,8,10,12H,3-5,7H2,1-2H3. The van der Waals surface area contributed by atoms with Gasteiger partial charge < -0.3 is 10.1 Å². The number of thioether (sulfide) groups is 1. The Morgan fingerprint density at radius 3 is 3.19 bits per heavy atom. The number of rotatable bonds is 4. The number of ether oxygens (including phenoxy) is 1. The van der Waals surface area contributed by atoms with Gasteiger partial charge in [0.25, 0.3) is 0 Å². The summed E-state index contributed by atoms with van der Waals surface area (Å²) in [5.74, 6) is 2.16. The summed E-state index contributed by atoms with van der Waals surface area (Å²) in [6.45, 7) is 6.00. The van der Waals surface area contributed by atoms with Gasteiger partial charge in [0.1, 0.15) is 11.1 Å². The van der Waals surface area contributed by atoms with Crippen molar-refractivity contribution in [2.45, 2.75) is 32.5 Å². The first-order valence-corrected chi connectivity index (χ1v) is 7.66.